The quantitative estimate of drug-likeness (QED) is 0.533. The van der Waals surface area contributed by atoms with E-state index < -0.39 is 10.0 Å². The van der Waals surface area contributed by atoms with Crippen molar-refractivity contribution < 1.29 is 13.2 Å². The number of nitrogens with zero attached hydrogens (tertiary/aromatic N) is 4. The molecule has 1 aliphatic heterocycles. The van der Waals surface area contributed by atoms with Crippen LogP contribution < -0.4 is 4.74 Å². The Morgan fingerprint density at radius 2 is 1.84 bits per heavy atom. The third kappa shape index (κ3) is 4.65. The monoisotopic (exact) mass is 440 g/mol. The maximum atomic E-state index is 13.3. The van der Waals surface area contributed by atoms with E-state index in [2.05, 4.69) is 22.2 Å². The second-order valence-electron chi connectivity index (χ2n) is 7.78. The largest absolute Gasteiger partial charge is 0.497 e. The molecule has 1 unspecified atom stereocenters. The van der Waals surface area contributed by atoms with Gasteiger partial charge in [0.05, 0.1) is 18.0 Å². The van der Waals surface area contributed by atoms with Crippen molar-refractivity contribution in [2.24, 2.45) is 0 Å². The summed E-state index contributed by atoms with van der Waals surface area (Å²) in [5.74, 6) is 2.03. The number of hydrogen-bond acceptors (Lipinski definition) is 5. The molecule has 1 saturated heterocycles. The van der Waals surface area contributed by atoms with Gasteiger partial charge in [-0.25, -0.2) is 13.4 Å². The van der Waals surface area contributed by atoms with Gasteiger partial charge >= 0.3 is 0 Å². The Morgan fingerprint density at radius 3 is 2.55 bits per heavy atom. The molecule has 0 amide bonds. The highest BCUT2D eigenvalue weighted by molar-refractivity contribution is 7.89. The van der Waals surface area contributed by atoms with Crippen LogP contribution in [0, 0.1) is 6.92 Å². The van der Waals surface area contributed by atoms with Crippen molar-refractivity contribution in [2.45, 2.75) is 50.1 Å². The Hall–Kier alpha value is -2.71. The normalized spacial score (nSPS) is 17.2. The van der Waals surface area contributed by atoms with Crippen LogP contribution in [0.3, 0.4) is 0 Å². The maximum absolute atomic E-state index is 13.3. The summed E-state index contributed by atoms with van der Waals surface area (Å²) >= 11 is 0. The molecule has 7 nitrogen and oxygen atoms in total. The number of aryl methyl sites for hydroxylation is 3. The standard InChI is InChI=1S/C23H28N4O3S/c1-18-24-23(25-26(18)16-6-10-19-8-4-3-5-9-19)22-11-7-17-27(22)31(28,29)21-14-12-20(30-2)13-15-21/h3-5,8-9,12-15,22H,6-7,10-11,16-17H2,1-2H3. The highest BCUT2D eigenvalue weighted by Crippen LogP contribution is 2.35. The topological polar surface area (TPSA) is 77.3 Å². The van der Waals surface area contributed by atoms with Gasteiger partial charge in [0.1, 0.15) is 11.6 Å². The fourth-order valence-corrected chi connectivity index (χ4v) is 5.70. The summed E-state index contributed by atoms with van der Waals surface area (Å²) in [4.78, 5) is 4.89. The molecule has 8 heteroatoms. The lowest BCUT2D eigenvalue weighted by atomic mass is 10.1. The van der Waals surface area contributed by atoms with Crippen LogP contribution in [0.5, 0.6) is 5.75 Å². The van der Waals surface area contributed by atoms with Crippen LogP contribution in [0.25, 0.3) is 0 Å². The molecule has 4 rings (SSSR count). The Kier molecular flexibility index (Phi) is 6.38. The van der Waals surface area contributed by atoms with Crippen molar-refractivity contribution >= 4 is 10.0 Å². The zero-order chi connectivity index (χ0) is 21.8. The van der Waals surface area contributed by atoms with E-state index in [1.54, 1.807) is 31.4 Å². The van der Waals surface area contributed by atoms with E-state index in [1.807, 2.05) is 29.8 Å². The number of aromatic nitrogens is 3. The molecule has 0 saturated carbocycles. The summed E-state index contributed by atoms with van der Waals surface area (Å²) in [5.41, 5.74) is 1.30. The van der Waals surface area contributed by atoms with Gasteiger partial charge in [-0.1, -0.05) is 30.3 Å². The molecular weight excluding hydrogens is 412 g/mol. The van der Waals surface area contributed by atoms with E-state index in [0.717, 1.165) is 38.1 Å². The van der Waals surface area contributed by atoms with Gasteiger partial charge in [0, 0.05) is 13.1 Å². The molecule has 164 valence electrons. The number of methoxy groups -OCH3 is 1. The van der Waals surface area contributed by atoms with E-state index in [4.69, 9.17) is 4.74 Å². The van der Waals surface area contributed by atoms with E-state index in [9.17, 15) is 8.42 Å². The Bertz CT molecular complexity index is 1110. The van der Waals surface area contributed by atoms with Crippen LogP contribution in [0.15, 0.2) is 59.5 Å². The summed E-state index contributed by atoms with van der Waals surface area (Å²) in [6.45, 7) is 3.16. The molecule has 1 fully saturated rings. The molecule has 0 radical (unpaired) electrons. The minimum Gasteiger partial charge on any atom is -0.497 e. The summed E-state index contributed by atoms with van der Waals surface area (Å²) in [7, 11) is -2.07. The van der Waals surface area contributed by atoms with Crippen molar-refractivity contribution in [1.29, 1.82) is 0 Å². The van der Waals surface area contributed by atoms with Crippen molar-refractivity contribution in [3.63, 3.8) is 0 Å². The van der Waals surface area contributed by atoms with E-state index in [0.29, 0.717) is 18.1 Å². The molecule has 1 aliphatic rings. The van der Waals surface area contributed by atoms with Crippen molar-refractivity contribution in [1.82, 2.24) is 19.1 Å². The molecule has 3 aromatic rings. The van der Waals surface area contributed by atoms with Crippen LogP contribution in [0.1, 0.15) is 42.5 Å². The molecule has 0 bridgehead atoms. The number of benzene rings is 2. The fourth-order valence-electron chi connectivity index (χ4n) is 4.04. The van der Waals surface area contributed by atoms with Gasteiger partial charge in [0.15, 0.2) is 5.82 Å². The summed E-state index contributed by atoms with van der Waals surface area (Å²) in [6.07, 6.45) is 3.44. The highest BCUT2D eigenvalue weighted by atomic mass is 32.2. The predicted molar refractivity (Wildman–Crippen MR) is 118 cm³/mol. The maximum Gasteiger partial charge on any atom is 0.243 e. The molecule has 31 heavy (non-hydrogen) atoms. The Balaban J connectivity index is 1.48. The number of rotatable bonds is 8. The first kappa shape index (κ1) is 21.5. The number of sulfonamides is 1. The molecule has 1 aromatic heterocycles. The van der Waals surface area contributed by atoms with Gasteiger partial charge in [0.25, 0.3) is 0 Å². The molecule has 0 aliphatic carbocycles. The van der Waals surface area contributed by atoms with Gasteiger partial charge in [-0.2, -0.15) is 9.40 Å². The first-order valence-electron chi connectivity index (χ1n) is 10.6. The minimum atomic E-state index is -3.63. The predicted octanol–water partition coefficient (Wildman–Crippen LogP) is 3.75. The van der Waals surface area contributed by atoms with Crippen LogP contribution in [0.4, 0.5) is 0 Å². The first-order chi connectivity index (χ1) is 15.0. The fraction of sp³-hybridized carbons (Fsp3) is 0.391. The lowest BCUT2D eigenvalue weighted by Crippen LogP contribution is -2.31. The molecule has 1 atom stereocenters. The van der Waals surface area contributed by atoms with Crippen LogP contribution in [-0.2, 0) is 23.0 Å². The van der Waals surface area contributed by atoms with Gasteiger partial charge in [-0.3, -0.25) is 4.68 Å². The highest BCUT2D eigenvalue weighted by Gasteiger charge is 2.38. The third-order valence-corrected chi connectivity index (χ3v) is 7.64. The minimum absolute atomic E-state index is 0.263. The second kappa shape index (κ2) is 9.20. The average Bonchev–Trinajstić information content (AvgIpc) is 3.42. The Morgan fingerprint density at radius 1 is 1.10 bits per heavy atom. The van der Waals surface area contributed by atoms with E-state index in [1.165, 1.54) is 9.87 Å². The average molecular weight is 441 g/mol. The van der Waals surface area contributed by atoms with Crippen LogP contribution in [-0.4, -0.2) is 41.1 Å². The summed E-state index contributed by atoms with van der Waals surface area (Å²) < 4.78 is 35.1. The zero-order valence-corrected chi connectivity index (χ0v) is 18.8. The van der Waals surface area contributed by atoms with Crippen molar-refractivity contribution in [3.8, 4) is 5.75 Å². The van der Waals surface area contributed by atoms with Crippen LogP contribution in [0.2, 0.25) is 0 Å². The van der Waals surface area contributed by atoms with Crippen molar-refractivity contribution in [3.05, 3.63) is 71.8 Å². The lowest BCUT2D eigenvalue weighted by Gasteiger charge is -2.22. The van der Waals surface area contributed by atoms with Crippen LogP contribution >= 0.6 is 0 Å². The molecule has 2 heterocycles. The smallest absolute Gasteiger partial charge is 0.243 e. The van der Waals surface area contributed by atoms with E-state index >= 15 is 0 Å². The third-order valence-electron chi connectivity index (χ3n) is 5.72. The van der Waals surface area contributed by atoms with E-state index in [-0.39, 0.29) is 10.9 Å². The van der Waals surface area contributed by atoms with Gasteiger partial charge < -0.3 is 4.74 Å². The SMILES string of the molecule is COc1ccc(S(=O)(=O)N2CCCC2c2nc(C)n(CCCc3ccccc3)n2)cc1. The first-order valence-corrected chi connectivity index (χ1v) is 12.0. The number of ether oxygens (including phenoxy) is 1. The lowest BCUT2D eigenvalue weighted by molar-refractivity contribution is 0.380. The molecular formula is C23H28N4O3S. The second-order valence-corrected chi connectivity index (χ2v) is 9.67. The number of hydrogen-bond donors (Lipinski definition) is 0. The zero-order valence-electron chi connectivity index (χ0n) is 17.9. The van der Waals surface area contributed by atoms with Gasteiger partial charge in [0.2, 0.25) is 10.0 Å². The molecule has 0 N–H and O–H groups in total. The van der Waals surface area contributed by atoms with Gasteiger partial charge in [-0.05, 0) is 62.4 Å². The molecule has 0 spiro atoms. The van der Waals surface area contributed by atoms with Crippen molar-refractivity contribution in [2.75, 3.05) is 13.7 Å². The Labute approximate surface area is 183 Å². The molecule has 2 aromatic carbocycles. The van der Waals surface area contributed by atoms with Gasteiger partial charge in [-0.15, -0.1) is 0 Å². The summed E-state index contributed by atoms with van der Waals surface area (Å²) in [5, 5.41) is 4.69. The summed E-state index contributed by atoms with van der Waals surface area (Å²) in [6, 6.07) is 16.5.